The minimum absolute atomic E-state index is 0.00802. The zero-order chi connectivity index (χ0) is 13.1. The lowest BCUT2D eigenvalue weighted by atomic mass is 10.3. The van der Waals surface area contributed by atoms with Crippen molar-refractivity contribution in [2.75, 3.05) is 7.05 Å². The predicted molar refractivity (Wildman–Crippen MR) is 73.0 cm³/mol. The van der Waals surface area contributed by atoms with Crippen LogP contribution in [-0.4, -0.2) is 22.5 Å². The van der Waals surface area contributed by atoms with Crippen LogP contribution >= 0.6 is 23.2 Å². The molecule has 1 N–H and O–H groups in total. The van der Waals surface area contributed by atoms with Crippen LogP contribution in [0.25, 0.3) is 11.0 Å². The SMILES string of the molecule is CNC(=O)CCn1c(CCl)nc2cc(Cl)ccc21. The molecule has 0 saturated carbocycles. The van der Waals surface area contributed by atoms with Gasteiger partial charge >= 0.3 is 0 Å². The molecule has 0 bridgehead atoms. The van der Waals surface area contributed by atoms with Crippen molar-refractivity contribution >= 4 is 40.1 Å². The van der Waals surface area contributed by atoms with E-state index in [0.29, 0.717) is 23.9 Å². The normalized spacial score (nSPS) is 10.8. The summed E-state index contributed by atoms with van der Waals surface area (Å²) in [5, 5.41) is 3.23. The minimum Gasteiger partial charge on any atom is -0.359 e. The standard InChI is InChI=1S/C12H13Cl2N3O/c1-15-12(18)4-5-17-10-3-2-8(14)6-9(10)16-11(17)7-13/h2-3,6H,4-5,7H2,1H3,(H,15,18). The van der Waals surface area contributed by atoms with E-state index in [4.69, 9.17) is 23.2 Å². The zero-order valence-electron chi connectivity index (χ0n) is 9.91. The number of hydrogen-bond acceptors (Lipinski definition) is 2. The number of carbonyl (C=O) groups is 1. The molecule has 2 aromatic rings. The van der Waals surface area contributed by atoms with Crippen LogP contribution in [0.1, 0.15) is 12.2 Å². The molecule has 1 heterocycles. The molecule has 0 radical (unpaired) electrons. The van der Waals surface area contributed by atoms with Crippen molar-refractivity contribution in [1.82, 2.24) is 14.9 Å². The van der Waals surface area contributed by atoms with Crippen LogP contribution in [0.4, 0.5) is 0 Å². The number of imidazole rings is 1. The third kappa shape index (κ3) is 2.60. The van der Waals surface area contributed by atoms with E-state index in [0.717, 1.165) is 16.9 Å². The summed E-state index contributed by atoms with van der Waals surface area (Å²) in [5.41, 5.74) is 1.74. The van der Waals surface area contributed by atoms with Gasteiger partial charge in [0, 0.05) is 25.0 Å². The number of amides is 1. The maximum Gasteiger partial charge on any atom is 0.221 e. The molecule has 18 heavy (non-hydrogen) atoms. The summed E-state index contributed by atoms with van der Waals surface area (Å²) in [7, 11) is 1.62. The Hall–Kier alpha value is -1.26. The van der Waals surface area contributed by atoms with Crippen LogP contribution < -0.4 is 5.32 Å². The number of aromatic nitrogens is 2. The van der Waals surface area contributed by atoms with Crippen LogP contribution in [0.15, 0.2) is 18.2 Å². The van der Waals surface area contributed by atoms with Gasteiger partial charge in [-0.3, -0.25) is 4.79 Å². The van der Waals surface area contributed by atoms with E-state index < -0.39 is 0 Å². The number of halogens is 2. The molecule has 0 spiro atoms. The molecule has 0 unspecified atom stereocenters. The second-order valence-corrected chi connectivity index (χ2v) is 4.57. The molecule has 1 aromatic carbocycles. The molecule has 0 saturated heterocycles. The van der Waals surface area contributed by atoms with Gasteiger partial charge < -0.3 is 9.88 Å². The lowest BCUT2D eigenvalue weighted by Crippen LogP contribution is -2.19. The highest BCUT2D eigenvalue weighted by atomic mass is 35.5. The van der Waals surface area contributed by atoms with E-state index in [1.807, 2.05) is 10.6 Å². The Morgan fingerprint density at radius 3 is 2.94 bits per heavy atom. The van der Waals surface area contributed by atoms with Gasteiger partial charge in [-0.05, 0) is 18.2 Å². The van der Waals surface area contributed by atoms with Gasteiger partial charge in [0.05, 0.1) is 16.9 Å². The van der Waals surface area contributed by atoms with Gasteiger partial charge in [0.15, 0.2) is 0 Å². The van der Waals surface area contributed by atoms with Crippen molar-refractivity contribution in [2.24, 2.45) is 0 Å². The quantitative estimate of drug-likeness (QED) is 0.878. The van der Waals surface area contributed by atoms with Gasteiger partial charge in [-0.1, -0.05) is 11.6 Å². The molecule has 96 valence electrons. The number of fused-ring (bicyclic) bond motifs is 1. The molecular formula is C12H13Cl2N3O. The number of alkyl halides is 1. The van der Waals surface area contributed by atoms with E-state index in [-0.39, 0.29) is 5.91 Å². The maximum absolute atomic E-state index is 11.3. The molecule has 1 aromatic heterocycles. The number of carbonyl (C=O) groups excluding carboxylic acids is 1. The average Bonchev–Trinajstić information content (AvgIpc) is 2.72. The number of hydrogen-bond donors (Lipinski definition) is 1. The molecular weight excluding hydrogens is 273 g/mol. The van der Waals surface area contributed by atoms with Crippen LogP contribution in [0.2, 0.25) is 5.02 Å². The zero-order valence-corrected chi connectivity index (χ0v) is 11.4. The molecule has 4 nitrogen and oxygen atoms in total. The van der Waals surface area contributed by atoms with Gasteiger partial charge in [0.2, 0.25) is 5.91 Å². The number of benzene rings is 1. The average molecular weight is 286 g/mol. The van der Waals surface area contributed by atoms with Gasteiger partial charge in [0.1, 0.15) is 5.82 Å². The third-order valence-electron chi connectivity index (χ3n) is 2.75. The highest BCUT2D eigenvalue weighted by Gasteiger charge is 2.11. The summed E-state index contributed by atoms with van der Waals surface area (Å²) in [6, 6.07) is 5.49. The van der Waals surface area contributed by atoms with Crippen molar-refractivity contribution in [1.29, 1.82) is 0 Å². The van der Waals surface area contributed by atoms with E-state index in [9.17, 15) is 4.79 Å². The molecule has 0 atom stereocenters. The fourth-order valence-corrected chi connectivity index (χ4v) is 2.21. The summed E-state index contributed by atoms with van der Waals surface area (Å²) >= 11 is 11.8. The first-order valence-electron chi connectivity index (χ1n) is 5.57. The van der Waals surface area contributed by atoms with Gasteiger partial charge in [-0.2, -0.15) is 0 Å². The molecule has 0 aliphatic carbocycles. The topological polar surface area (TPSA) is 46.9 Å². The van der Waals surface area contributed by atoms with E-state index in [1.54, 1.807) is 19.2 Å². The van der Waals surface area contributed by atoms with Crippen molar-refractivity contribution in [3.8, 4) is 0 Å². The van der Waals surface area contributed by atoms with Crippen LogP contribution in [0.3, 0.4) is 0 Å². The van der Waals surface area contributed by atoms with Gasteiger partial charge in [-0.15, -0.1) is 11.6 Å². The highest BCUT2D eigenvalue weighted by Crippen LogP contribution is 2.21. The summed E-state index contributed by atoms with van der Waals surface area (Å²) in [6.45, 7) is 0.555. The fourth-order valence-electron chi connectivity index (χ4n) is 1.84. The first-order valence-corrected chi connectivity index (χ1v) is 6.48. The number of nitrogens with zero attached hydrogens (tertiary/aromatic N) is 2. The molecule has 0 fully saturated rings. The Balaban J connectivity index is 2.37. The number of rotatable bonds is 4. The van der Waals surface area contributed by atoms with E-state index in [2.05, 4.69) is 10.3 Å². The third-order valence-corrected chi connectivity index (χ3v) is 3.22. The van der Waals surface area contributed by atoms with E-state index >= 15 is 0 Å². The van der Waals surface area contributed by atoms with E-state index in [1.165, 1.54) is 0 Å². The van der Waals surface area contributed by atoms with Crippen molar-refractivity contribution in [3.63, 3.8) is 0 Å². The van der Waals surface area contributed by atoms with Crippen LogP contribution in [0.5, 0.6) is 0 Å². The summed E-state index contributed by atoms with van der Waals surface area (Å²) in [5.74, 6) is 1.05. The molecule has 0 aliphatic rings. The number of nitrogens with one attached hydrogen (secondary N) is 1. The summed E-state index contributed by atoms with van der Waals surface area (Å²) in [6.07, 6.45) is 0.397. The first kappa shape index (κ1) is 13.2. The van der Waals surface area contributed by atoms with Crippen LogP contribution in [0, 0.1) is 0 Å². The fraction of sp³-hybridized carbons (Fsp3) is 0.333. The Labute approximate surface area is 115 Å². The number of aryl methyl sites for hydroxylation is 1. The largest absolute Gasteiger partial charge is 0.359 e. The lowest BCUT2D eigenvalue weighted by molar-refractivity contribution is -0.120. The molecule has 2 rings (SSSR count). The van der Waals surface area contributed by atoms with Gasteiger partial charge in [-0.25, -0.2) is 4.98 Å². The summed E-state index contributed by atoms with van der Waals surface area (Å²) in [4.78, 5) is 15.7. The van der Waals surface area contributed by atoms with Gasteiger partial charge in [0.25, 0.3) is 0 Å². The second kappa shape index (κ2) is 5.59. The van der Waals surface area contributed by atoms with Crippen molar-refractivity contribution in [2.45, 2.75) is 18.8 Å². The van der Waals surface area contributed by atoms with Crippen LogP contribution in [-0.2, 0) is 17.2 Å². The molecule has 1 amide bonds. The predicted octanol–water partition coefficient (Wildman–Crippen LogP) is 2.56. The summed E-state index contributed by atoms with van der Waals surface area (Å²) < 4.78 is 1.95. The first-order chi connectivity index (χ1) is 8.65. The minimum atomic E-state index is -0.00802. The second-order valence-electron chi connectivity index (χ2n) is 3.87. The monoisotopic (exact) mass is 285 g/mol. The Kier molecular flexibility index (Phi) is 4.09. The highest BCUT2D eigenvalue weighted by molar-refractivity contribution is 6.31. The Morgan fingerprint density at radius 2 is 2.28 bits per heavy atom. The lowest BCUT2D eigenvalue weighted by Gasteiger charge is -2.06. The smallest absolute Gasteiger partial charge is 0.221 e. The maximum atomic E-state index is 11.3. The van der Waals surface area contributed by atoms with Crippen molar-refractivity contribution in [3.05, 3.63) is 29.0 Å². The van der Waals surface area contributed by atoms with Crippen molar-refractivity contribution < 1.29 is 4.79 Å². The molecule has 0 aliphatic heterocycles. The Bertz CT molecular complexity index is 580. The Morgan fingerprint density at radius 1 is 1.50 bits per heavy atom. The molecule has 6 heteroatoms.